The number of pyridine rings is 1. The number of aromatic nitrogens is 1. The Hall–Kier alpha value is -3.94. The first-order valence-electron chi connectivity index (χ1n) is 9.97. The first kappa shape index (κ1) is 20.3. The third-order valence-corrected chi connectivity index (χ3v) is 5.10. The Morgan fingerprint density at radius 1 is 0.903 bits per heavy atom. The van der Waals surface area contributed by atoms with E-state index in [1.807, 2.05) is 12.1 Å². The van der Waals surface area contributed by atoms with Crippen LogP contribution in [0.1, 0.15) is 27.8 Å². The molecule has 158 valence electrons. The molecule has 0 bridgehead atoms. The number of carbonyl (C=O) groups is 3. The lowest BCUT2D eigenvalue weighted by molar-refractivity contribution is -0.114. The van der Waals surface area contributed by atoms with Gasteiger partial charge >= 0.3 is 0 Å². The molecular weight excluding hydrogens is 396 g/mol. The van der Waals surface area contributed by atoms with E-state index in [9.17, 15) is 14.4 Å². The summed E-state index contributed by atoms with van der Waals surface area (Å²) < 4.78 is 5.16. The Morgan fingerprint density at radius 3 is 2.13 bits per heavy atom. The van der Waals surface area contributed by atoms with E-state index in [-0.39, 0.29) is 17.7 Å². The number of carbonyl (C=O) groups excluding carboxylic acids is 3. The summed E-state index contributed by atoms with van der Waals surface area (Å²) in [5.74, 6) is -0.0811. The number of nitrogens with zero attached hydrogens (tertiary/aromatic N) is 3. The van der Waals surface area contributed by atoms with Crippen molar-refractivity contribution in [2.45, 2.75) is 6.92 Å². The van der Waals surface area contributed by atoms with Crippen molar-refractivity contribution in [1.29, 1.82) is 0 Å². The summed E-state index contributed by atoms with van der Waals surface area (Å²) >= 11 is 0. The number of benzene rings is 1. The summed E-state index contributed by atoms with van der Waals surface area (Å²) in [4.78, 5) is 44.1. The number of anilines is 1. The van der Waals surface area contributed by atoms with Crippen LogP contribution in [-0.4, -0.2) is 58.7 Å². The number of hydrogen-bond acceptors (Lipinski definition) is 5. The van der Waals surface area contributed by atoms with E-state index in [0.717, 1.165) is 11.3 Å². The van der Waals surface area contributed by atoms with E-state index in [1.165, 1.54) is 13.2 Å². The zero-order chi connectivity index (χ0) is 21.8. The highest BCUT2D eigenvalue weighted by Gasteiger charge is 2.26. The van der Waals surface area contributed by atoms with Gasteiger partial charge in [-0.2, -0.15) is 0 Å². The van der Waals surface area contributed by atoms with Crippen LogP contribution in [0.3, 0.4) is 0 Å². The monoisotopic (exact) mass is 418 g/mol. The molecule has 0 spiro atoms. The standard InChI is InChI=1S/C23H22N4O4/c1-16(28)25-19-7-4-17(5-8-19)20-9-6-18(15-24-20)22(29)26-10-12-27(13-11-26)23(30)21-3-2-14-31-21/h2-9,14-15H,10-13H2,1H3,(H,25,28). The van der Waals surface area contributed by atoms with Gasteiger partial charge in [-0.15, -0.1) is 0 Å². The van der Waals surface area contributed by atoms with Gasteiger partial charge in [0, 0.05) is 50.6 Å². The molecule has 2 aromatic heterocycles. The minimum absolute atomic E-state index is 0.106. The maximum absolute atomic E-state index is 12.8. The molecule has 8 nitrogen and oxygen atoms in total. The van der Waals surface area contributed by atoms with Gasteiger partial charge in [-0.05, 0) is 36.4 Å². The number of rotatable bonds is 4. The van der Waals surface area contributed by atoms with Crippen LogP contribution in [0.5, 0.6) is 0 Å². The third kappa shape index (κ3) is 4.63. The van der Waals surface area contributed by atoms with E-state index in [4.69, 9.17) is 4.42 Å². The first-order chi connectivity index (χ1) is 15.0. The van der Waals surface area contributed by atoms with Crippen molar-refractivity contribution in [3.8, 4) is 11.3 Å². The van der Waals surface area contributed by atoms with Crippen LogP contribution in [0.15, 0.2) is 65.4 Å². The van der Waals surface area contributed by atoms with Crippen molar-refractivity contribution in [3.05, 3.63) is 72.3 Å². The van der Waals surface area contributed by atoms with Crippen molar-refractivity contribution in [2.75, 3.05) is 31.5 Å². The molecule has 1 aromatic carbocycles. The summed E-state index contributed by atoms with van der Waals surface area (Å²) in [6.07, 6.45) is 3.04. The van der Waals surface area contributed by atoms with Gasteiger partial charge in [-0.1, -0.05) is 12.1 Å². The fourth-order valence-corrected chi connectivity index (χ4v) is 3.47. The summed E-state index contributed by atoms with van der Waals surface area (Å²) in [5.41, 5.74) is 2.84. The highest BCUT2D eigenvalue weighted by molar-refractivity contribution is 5.95. The Balaban J connectivity index is 1.36. The van der Waals surface area contributed by atoms with E-state index in [0.29, 0.717) is 43.2 Å². The molecular formula is C23H22N4O4. The second-order valence-corrected chi connectivity index (χ2v) is 7.25. The van der Waals surface area contributed by atoms with E-state index < -0.39 is 0 Å². The molecule has 0 saturated carbocycles. The molecule has 3 aromatic rings. The number of amides is 3. The molecule has 3 amide bonds. The predicted octanol–water partition coefficient (Wildman–Crippen LogP) is 2.90. The average Bonchev–Trinajstić information content (AvgIpc) is 3.33. The van der Waals surface area contributed by atoms with Crippen LogP contribution < -0.4 is 5.32 Å². The molecule has 1 saturated heterocycles. The maximum atomic E-state index is 12.8. The third-order valence-electron chi connectivity index (χ3n) is 5.10. The van der Waals surface area contributed by atoms with Crippen molar-refractivity contribution in [3.63, 3.8) is 0 Å². The molecule has 1 aliphatic heterocycles. The van der Waals surface area contributed by atoms with Gasteiger partial charge in [0.15, 0.2) is 5.76 Å². The maximum Gasteiger partial charge on any atom is 0.289 e. The summed E-state index contributed by atoms with van der Waals surface area (Å²) in [5, 5.41) is 2.72. The van der Waals surface area contributed by atoms with Crippen LogP contribution in [0.2, 0.25) is 0 Å². The summed E-state index contributed by atoms with van der Waals surface area (Å²) in [7, 11) is 0. The molecule has 3 heterocycles. The highest BCUT2D eigenvalue weighted by Crippen LogP contribution is 2.20. The smallest absolute Gasteiger partial charge is 0.289 e. The number of piperazine rings is 1. The molecule has 8 heteroatoms. The lowest BCUT2D eigenvalue weighted by Crippen LogP contribution is -2.50. The van der Waals surface area contributed by atoms with Gasteiger partial charge in [0.2, 0.25) is 5.91 Å². The highest BCUT2D eigenvalue weighted by atomic mass is 16.3. The Labute approximate surface area is 179 Å². The molecule has 0 radical (unpaired) electrons. The van der Waals surface area contributed by atoms with Gasteiger partial charge in [-0.3, -0.25) is 19.4 Å². The second-order valence-electron chi connectivity index (χ2n) is 7.25. The molecule has 1 fully saturated rings. The zero-order valence-corrected chi connectivity index (χ0v) is 17.1. The van der Waals surface area contributed by atoms with Gasteiger partial charge < -0.3 is 19.5 Å². The van der Waals surface area contributed by atoms with E-state index in [2.05, 4.69) is 10.3 Å². The van der Waals surface area contributed by atoms with Crippen molar-refractivity contribution < 1.29 is 18.8 Å². The molecule has 0 unspecified atom stereocenters. The number of nitrogens with one attached hydrogen (secondary N) is 1. The minimum Gasteiger partial charge on any atom is -0.459 e. The Bertz CT molecular complexity index is 1070. The fraction of sp³-hybridized carbons (Fsp3) is 0.217. The van der Waals surface area contributed by atoms with Gasteiger partial charge in [0.1, 0.15) is 0 Å². The average molecular weight is 418 g/mol. The van der Waals surface area contributed by atoms with Crippen molar-refractivity contribution >= 4 is 23.4 Å². The first-order valence-corrected chi connectivity index (χ1v) is 9.97. The fourth-order valence-electron chi connectivity index (χ4n) is 3.47. The van der Waals surface area contributed by atoms with Gasteiger partial charge in [0.05, 0.1) is 17.5 Å². The normalized spacial score (nSPS) is 13.7. The molecule has 1 aliphatic rings. The second kappa shape index (κ2) is 8.83. The van der Waals surface area contributed by atoms with Crippen LogP contribution >= 0.6 is 0 Å². The lowest BCUT2D eigenvalue weighted by atomic mass is 10.1. The van der Waals surface area contributed by atoms with Crippen LogP contribution in [-0.2, 0) is 4.79 Å². The summed E-state index contributed by atoms with van der Waals surface area (Å²) in [6.45, 7) is 3.28. The zero-order valence-electron chi connectivity index (χ0n) is 17.1. The van der Waals surface area contributed by atoms with Gasteiger partial charge in [0.25, 0.3) is 11.8 Å². The SMILES string of the molecule is CC(=O)Nc1ccc(-c2ccc(C(=O)N3CCN(C(=O)c4ccco4)CC3)cn2)cc1. The molecule has 31 heavy (non-hydrogen) atoms. The largest absolute Gasteiger partial charge is 0.459 e. The quantitative estimate of drug-likeness (QED) is 0.703. The van der Waals surface area contributed by atoms with Crippen LogP contribution in [0, 0.1) is 0 Å². The summed E-state index contributed by atoms with van der Waals surface area (Å²) in [6, 6.07) is 14.2. The number of furan rings is 1. The Kier molecular flexibility index (Phi) is 5.79. The molecule has 0 atom stereocenters. The number of hydrogen-bond donors (Lipinski definition) is 1. The Morgan fingerprint density at radius 2 is 1.58 bits per heavy atom. The molecule has 4 rings (SSSR count). The topological polar surface area (TPSA) is 95.8 Å². The minimum atomic E-state index is -0.160. The van der Waals surface area contributed by atoms with Crippen LogP contribution in [0.4, 0.5) is 5.69 Å². The van der Waals surface area contributed by atoms with Gasteiger partial charge in [-0.25, -0.2) is 0 Å². The van der Waals surface area contributed by atoms with E-state index >= 15 is 0 Å². The van der Waals surface area contributed by atoms with Crippen LogP contribution in [0.25, 0.3) is 11.3 Å². The molecule has 1 N–H and O–H groups in total. The predicted molar refractivity (Wildman–Crippen MR) is 114 cm³/mol. The van der Waals surface area contributed by atoms with Crippen molar-refractivity contribution in [1.82, 2.24) is 14.8 Å². The molecule has 0 aliphatic carbocycles. The lowest BCUT2D eigenvalue weighted by Gasteiger charge is -2.34. The van der Waals surface area contributed by atoms with Crippen molar-refractivity contribution in [2.24, 2.45) is 0 Å². The van der Waals surface area contributed by atoms with E-state index in [1.54, 1.807) is 52.4 Å².